The highest BCUT2D eigenvalue weighted by atomic mass is 16.5. The van der Waals surface area contributed by atoms with Crippen molar-refractivity contribution in [3.63, 3.8) is 0 Å². The Bertz CT molecular complexity index is 1090. The number of amides is 1. The lowest BCUT2D eigenvalue weighted by atomic mass is 9.86. The standard InChI is InChI=1S/C24H25N3O3/c1-4-13-30-23-17(10-8-12-21(23)29-3)18-14-22(28)26-24-19(18)15-25-27(24)20-11-7-6-9-16(20)5-2/h4,6-12,15,18H,1,5,13-14H2,2-3H3,(H,26,28). The van der Waals surface area contributed by atoms with Crippen molar-refractivity contribution >= 4 is 11.7 Å². The van der Waals surface area contributed by atoms with E-state index in [4.69, 9.17) is 9.47 Å². The molecule has 0 bridgehead atoms. The van der Waals surface area contributed by atoms with Gasteiger partial charge in [0.05, 0.1) is 19.0 Å². The number of aryl methyl sites for hydroxylation is 1. The fraction of sp³-hybridized carbons (Fsp3) is 0.250. The molecule has 1 amide bonds. The fourth-order valence-corrected chi connectivity index (χ4v) is 3.96. The van der Waals surface area contributed by atoms with Gasteiger partial charge in [-0.1, -0.05) is 49.9 Å². The molecule has 1 aliphatic rings. The number of nitrogens with one attached hydrogen (secondary N) is 1. The van der Waals surface area contributed by atoms with E-state index in [9.17, 15) is 4.79 Å². The van der Waals surface area contributed by atoms with Gasteiger partial charge in [-0.3, -0.25) is 4.79 Å². The Balaban J connectivity index is 1.84. The molecule has 2 aromatic carbocycles. The molecule has 154 valence electrons. The van der Waals surface area contributed by atoms with E-state index in [0.717, 1.165) is 28.8 Å². The van der Waals surface area contributed by atoms with Crippen LogP contribution in [0.1, 0.15) is 36.0 Å². The molecule has 0 radical (unpaired) electrons. The number of methoxy groups -OCH3 is 1. The van der Waals surface area contributed by atoms with E-state index in [1.807, 2.05) is 47.3 Å². The smallest absolute Gasteiger partial charge is 0.226 e. The average Bonchev–Trinajstić information content (AvgIpc) is 3.20. The predicted molar refractivity (Wildman–Crippen MR) is 117 cm³/mol. The maximum Gasteiger partial charge on any atom is 0.226 e. The molecule has 2 heterocycles. The summed E-state index contributed by atoms with van der Waals surface area (Å²) >= 11 is 0. The van der Waals surface area contributed by atoms with Crippen LogP contribution < -0.4 is 14.8 Å². The maximum atomic E-state index is 12.7. The molecule has 1 N–H and O–H groups in total. The van der Waals surface area contributed by atoms with E-state index in [1.54, 1.807) is 13.2 Å². The van der Waals surface area contributed by atoms with E-state index in [2.05, 4.69) is 30.0 Å². The number of ether oxygens (including phenoxy) is 2. The third kappa shape index (κ3) is 3.45. The second kappa shape index (κ2) is 8.45. The summed E-state index contributed by atoms with van der Waals surface area (Å²) in [6, 6.07) is 13.8. The Morgan fingerprint density at radius 1 is 1.23 bits per heavy atom. The van der Waals surface area contributed by atoms with Crippen molar-refractivity contribution in [2.24, 2.45) is 0 Å². The van der Waals surface area contributed by atoms with E-state index >= 15 is 0 Å². The van der Waals surface area contributed by atoms with Gasteiger partial charge in [0.15, 0.2) is 11.5 Å². The number of anilines is 1. The summed E-state index contributed by atoms with van der Waals surface area (Å²) in [5, 5.41) is 7.66. The van der Waals surface area contributed by atoms with Crippen molar-refractivity contribution in [2.45, 2.75) is 25.7 Å². The lowest BCUT2D eigenvalue weighted by Gasteiger charge is -2.26. The summed E-state index contributed by atoms with van der Waals surface area (Å²) in [4.78, 5) is 12.7. The van der Waals surface area contributed by atoms with Gasteiger partial charge in [0, 0.05) is 23.5 Å². The molecule has 0 saturated heterocycles. The number of nitrogens with zero attached hydrogens (tertiary/aromatic N) is 2. The minimum absolute atomic E-state index is 0.0549. The monoisotopic (exact) mass is 403 g/mol. The van der Waals surface area contributed by atoms with Gasteiger partial charge in [-0.25, -0.2) is 4.68 Å². The molecule has 0 aliphatic carbocycles. The molecular formula is C24H25N3O3. The van der Waals surface area contributed by atoms with Gasteiger partial charge in [-0.15, -0.1) is 0 Å². The molecular weight excluding hydrogens is 378 g/mol. The highest BCUT2D eigenvalue weighted by Gasteiger charge is 2.33. The number of benzene rings is 2. The van der Waals surface area contributed by atoms with Crippen LogP contribution >= 0.6 is 0 Å². The van der Waals surface area contributed by atoms with Gasteiger partial charge < -0.3 is 14.8 Å². The first-order chi connectivity index (χ1) is 14.7. The topological polar surface area (TPSA) is 65.4 Å². The molecule has 3 aromatic rings. The van der Waals surface area contributed by atoms with Gasteiger partial charge in [0.2, 0.25) is 5.91 Å². The normalized spacial score (nSPS) is 15.3. The van der Waals surface area contributed by atoms with E-state index in [1.165, 1.54) is 0 Å². The quantitative estimate of drug-likeness (QED) is 0.591. The SMILES string of the molecule is C=CCOc1c(OC)cccc1C1CC(=O)Nc2c1cnn2-c1ccccc1CC. The van der Waals surface area contributed by atoms with Crippen LogP contribution in [0.25, 0.3) is 5.69 Å². The minimum Gasteiger partial charge on any atom is -0.493 e. The average molecular weight is 403 g/mol. The summed E-state index contributed by atoms with van der Waals surface area (Å²) in [6.07, 6.45) is 4.71. The van der Waals surface area contributed by atoms with Crippen molar-refractivity contribution in [2.75, 3.05) is 19.0 Å². The Morgan fingerprint density at radius 3 is 2.83 bits per heavy atom. The van der Waals surface area contributed by atoms with E-state index in [-0.39, 0.29) is 11.8 Å². The molecule has 4 rings (SSSR count). The zero-order valence-electron chi connectivity index (χ0n) is 17.2. The number of fused-ring (bicyclic) bond motifs is 1. The van der Waals surface area contributed by atoms with Crippen LogP contribution in [0.15, 0.2) is 61.3 Å². The zero-order valence-corrected chi connectivity index (χ0v) is 17.2. The molecule has 1 aromatic heterocycles. The first-order valence-corrected chi connectivity index (χ1v) is 10.0. The summed E-state index contributed by atoms with van der Waals surface area (Å²) in [5.74, 6) is 1.72. The summed E-state index contributed by atoms with van der Waals surface area (Å²) in [6.45, 7) is 6.19. The number of rotatable bonds is 7. The van der Waals surface area contributed by atoms with Crippen LogP contribution in [0, 0.1) is 0 Å². The van der Waals surface area contributed by atoms with E-state index < -0.39 is 0 Å². The summed E-state index contributed by atoms with van der Waals surface area (Å²) in [7, 11) is 1.61. The van der Waals surface area contributed by atoms with Gasteiger partial charge in [0.25, 0.3) is 0 Å². The van der Waals surface area contributed by atoms with Crippen molar-refractivity contribution in [1.29, 1.82) is 0 Å². The highest BCUT2D eigenvalue weighted by molar-refractivity contribution is 5.95. The minimum atomic E-state index is -0.189. The summed E-state index contributed by atoms with van der Waals surface area (Å²) < 4.78 is 13.3. The van der Waals surface area contributed by atoms with E-state index in [0.29, 0.717) is 30.3 Å². The predicted octanol–water partition coefficient (Wildman–Crippen LogP) is 4.48. The lowest BCUT2D eigenvalue weighted by molar-refractivity contribution is -0.116. The second-order valence-corrected chi connectivity index (χ2v) is 7.13. The van der Waals surface area contributed by atoms with Crippen molar-refractivity contribution in [3.8, 4) is 17.2 Å². The Kier molecular flexibility index (Phi) is 5.57. The zero-order chi connectivity index (χ0) is 21.1. The van der Waals surface area contributed by atoms with Crippen LogP contribution in [0.3, 0.4) is 0 Å². The third-order valence-electron chi connectivity index (χ3n) is 5.37. The van der Waals surface area contributed by atoms with Crippen molar-refractivity contribution < 1.29 is 14.3 Å². The van der Waals surface area contributed by atoms with Gasteiger partial charge in [-0.05, 0) is 24.1 Å². The number of carbonyl (C=O) groups is 1. The molecule has 1 atom stereocenters. The highest BCUT2D eigenvalue weighted by Crippen LogP contribution is 2.44. The van der Waals surface area contributed by atoms with Gasteiger partial charge >= 0.3 is 0 Å². The number of aromatic nitrogens is 2. The van der Waals surface area contributed by atoms with Crippen LogP contribution in [0.4, 0.5) is 5.82 Å². The number of hydrogen-bond acceptors (Lipinski definition) is 4. The fourth-order valence-electron chi connectivity index (χ4n) is 3.96. The van der Waals surface area contributed by atoms with Crippen LogP contribution in [-0.2, 0) is 11.2 Å². The number of carbonyl (C=O) groups excluding carboxylic acids is 1. The maximum absolute atomic E-state index is 12.7. The number of hydrogen-bond donors (Lipinski definition) is 1. The van der Waals surface area contributed by atoms with Crippen molar-refractivity contribution in [1.82, 2.24) is 9.78 Å². The van der Waals surface area contributed by atoms with Gasteiger partial charge in [-0.2, -0.15) is 5.10 Å². The van der Waals surface area contributed by atoms with Crippen LogP contribution in [0.2, 0.25) is 0 Å². The first-order valence-electron chi connectivity index (χ1n) is 10.0. The molecule has 6 heteroatoms. The molecule has 1 aliphatic heterocycles. The Hall–Kier alpha value is -3.54. The summed E-state index contributed by atoms with van der Waals surface area (Å²) in [5.41, 5.74) is 3.99. The van der Waals surface area contributed by atoms with Crippen molar-refractivity contribution in [3.05, 3.63) is 78.0 Å². The number of para-hydroxylation sites is 2. The first kappa shape index (κ1) is 19.8. The second-order valence-electron chi connectivity index (χ2n) is 7.13. The molecule has 30 heavy (non-hydrogen) atoms. The molecule has 0 spiro atoms. The van der Waals surface area contributed by atoms with Gasteiger partial charge in [0.1, 0.15) is 12.4 Å². The Labute approximate surface area is 176 Å². The molecule has 1 unspecified atom stereocenters. The lowest BCUT2D eigenvalue weighted by Crippen LogP contribution is -2.25. The van der Waals surface area contributed by atoms with Crippen LogP contribution in [-0.4, -0.2) is 29.4 Å². The largest absolute Gasteiger partial charge is 0.493 e. The molecule has 6 nitrogen and oxygen atoms in total. The molecule has 0 saturated carbocycles. The Morgan fingerprint density at radius 2 is 2.07 bits per heavy atom. The van der Waals surface area contributed by atoms with Crippen LogP contribution in [0.5, 0.6) is 11.5 Å². The molecule has 0 fully saturated rings. The third-order valence-corrected chi connectivity index (χ3v) is 5.37.